The molecule has 0 aliphatic carbocycles. The monoisotopic (exact) mass is 450 g/mol. The SMILES string of the molecule is CCC(=O)c1c(-c2ccc(C)cc2)c2c3n(c(-c4ccc(Cl)c(Cl)c4)cn13)CCCC2. The Bertz CT molecular complexity index is 1310. The van der Waals surface area contributed by atoms with Crippen LogP contribution in [0.3, 0.4) is 0 Å². The Kier molecular flexibility index (Phi) is 5.19. The third kappa shape index (κ3) is 3.31. The second-order valence-electron chi connectivity index (χ2n) is 8.29. The molecule has 2 aromatic carbocycles. The fraction of sp³-hybridized carbons (Fsp3) is 0.269. The number of hydrogen-bond acceptors (Lipinski definition) is 1. The number of rotatable bonds is 4. The van der Waals surface area contributed by atoms with Crippen LogP contribution in [0.15, 0.2) is 48.7 Å². The summed E-state index contributed by atoms with van der Waals surface area (Å²) in [6, 6.07) is 14.3. The van der Waals surface area contributed by atoms with Gasteiger partial charge in [0.1, 0.15) is 5.65 Å². The first-order valence-corrected chi connectivity index (χ1v) is 11.6. The highest BCUT2D eigenvalue weighted by atomic mass is 35.5. The molecule has 158 valence electrons. The predicted molar refractivity (Wildman–Crippen MR) is 129 cm³/mol. The Morgan fingerprint density at radius 2 is 1.74 bits per heavy atom. The van der Waals surface area contributed by atoms with Crippen molar-refractivity contribution in [1.29, 1.82) is 0 Å². The molecule has 0 bridgehead atoms. The van der Waals surface area contributed by atoms with E-state index >= 15 is 0 Å². The minimum atomic E-state index is 0.162. The van der Waals surface area contributed by atoms with E-state index in [-0.39, 0.29) is 5.78 Å². The van der Waals surface area contributed by atoms with Crippen molar-refractivity contribution >= 4 is 34.6 Å². The molecule has 0 radical (unpaired) electrons. The van der Waals surface area contributed by atoms with Gasteiger partial charge in [-0.1, -0.05) is 66.0 Å². The van der Waals surface area contributed by atoms with Gasteiger partial charge in [-0.05, 0) is 43.9 Å². The van der Waals surface area contributed by atoms with Crippen LogP contribution < -0.4 is 0 Å². The van der Waals surface area contributed by atoms with Gasteiger partial charge in [0.05, 0.1) is 21.4 Å². The lowest BCUT2D eigenvalue weighted by atomic mass is 9.95. The summed E-state index contributed by atoms with van der Waals surface area (Å²) in [6.45, 7) is 4.93. The van der Waals surface area contributed by atoms with Crippen LogP contribution >= 0.6 is 23.2 Å². The first-order valence-electron chi connectivity index (χ1n) is 10.8. The van der Waals surface area contributed by atoms with Crippen LogP contribution in [0, 0.1) is 6.92 Å². The number of imidazole rings is 1. The van der Waals surface area contributed by atoms with Crippen molar-refractivity contribution in [3.63, 3.8) is 0 Å². The summed E-state index contributed by atoms with van der Waals surface area (Å²) in [7, 11) is 0. The molecule has 5 heteroatoms. The smallest absolute Gasteiger partial charge is 0.179 e. The van der Waals surface area contributed by atoms with Crippen molar-refractivity contribution in [3.05, 3.63) is 75.5 Å². The third-order valence-corrected chi connectivity index (χ3v) is 7.01. The van der Waals surface area contributed by atoms with Crippen LogP contribution in [0.1, 0.15) is 47.8 Å². The first-order chi connectivity index (χ1) is 15.0. The topological polar surface area (TPSA) is 26.4 Å². The van der Waals surface area contributed by atoms with Gasteiger partial charge in [-0.15, -0.1) is 0 Å². The van der Waals surface area contributed by atoms with E-state index in [4.69, 9.17) is 23.2 Å². The number of carbonyl (C=O) groups excluding carboxylic acids is 1. The van der Waals surface area contributed by atoms with E-state index in [1.54, 1.807) is 0 Å². The van der Waals surface area contributed by atoms with Crippen molar-refractivity contribution in [2.45, 2.75) is 46.1 Å². The van der Waals surface area contributed by atoms with E-state index in [1.807, 2.05) is 25.1 Å². The van der Waals surface area contributed by atoms with Gasteiger partial charge in [0.15, 0.2) is 5.78 Å². The Hall–Kier alpha value is -2.49. The summed E-state index contributed by atoms with van der Waals surface area (Å²) >= 11 is 12.5. The molecular formula is C26H24Cl2N2O. The summed E-state index contributed by atoms with van der Waals surface area (Å²) in [5.74, 6) is 0.162. The van der Waals surface area contributed by atoms with Gasteiger partial charge >= 0.3 is 0 Å². The van der Waals surface area contributed by atoms with Gasteiger partial charge in [0.2, 0.25) is 0 Å². The van der Waals surface area contributed by atoms with Gasteiger partial charge in [0.25, 0.3) is 0 Å². The van der Waals surface area contributed by atoms with Crippen molar-refractivity contribution < 1.29 is 4.79 Å². The van der Waals surface area contributed by atoms with E-state index in [0.717, 1.165) is 59.5 Å². The molecule has 1 aliphatic heterocycles. The van der Waals surface area contributed by atoms with E-state index in [0.29, 0.717) is 16.5 Å². The number of aryl methyl sites for hydroxylation is 3. The van der Waals surface area contributed by atoms with Gasteiger partial charge in [-0.2, -0.15) is 0 Å². The Morgan fingerprint density at radius 3 is 2.45 bits per heavy atom. The normalized spacial score (nSPS) is 13.5. The van der Waals surface area contributed by atoms with E-state index < -0.39 is 0 Å². The zero-order chi connectivity index (χ0) is 21.7. The predicted octanol–water partition coefficient (Wildman–Crippen LogP) is 7.62. The van der Waals surface area contributed by atoms with Crippen LogP contribution in [0.5, 0.6) is 0 Å². The van der Waals surface area contributed by atoms with Crippen molar-refractivity contribution in [1.82, 2.24) is 8.97 Å². The van der Waals surface area contributed by atoms with E-state index in [9.17, 15) is 4.79 Å². The average Bonchev–Trinajstić information content (AvgIpc) is 3.18. The largest absolute Gasteiger partial charge is 0.325 e. The number of halogens is 2. The molecule has 3 nitrogen and oxygen atoms in total. The van der Waals surface area contributed by atoms with Crippen LogP contribution in [-0.2, 0) is 13.0 Å². The Labute approximate surface area is 192 Å². The summed E-state index contributed by atoms with van der Waals surface area (Å²) in [5, 5.41) is 1.08. The average molecular weight is 451 g/mol. The maximum Gasteiger partial charge on any atom is 0.179 e. The third-order valence-electron chi connectivity index (χ3n) is 6.27. The molecule has 4 aromatic rings. The minimum absolute atomic E-state index is 0.162. The molecule has 0 spiro atoms. The molecular weight excluding hydrogens is 427 g/mol. The van der Waals surface area contributed by atoms with Crippen LogP contribution in [0.2, 0.25) is 10.0 Å². The summed E-state index contributed by atoms with van der Waals surface area (Å²) < 4.78 is 4.48. The summed E-state index contributed by atoms with van der Waals surface area (Å²) in [6.07, 6.45) is 5.73. The molecule has 0 fully saturated rings. The zero-order valence-electron chi connectivity index (χ0n) is 17.7. The molecule has 0 saturated heterocycles. The number of carbonyl (C=O) groups is 1. The molecule has 0 atom stereocenters. The van der Waals surface area contributed by atoms with Crippen LogP contribution in [-0.4, -0.2) is 14.8 Å². The molecule has 31 heavy (non-hydrogen) atoms. The molecule has 3 heterocycles. The maximum atomic E-state index is 13.2. The number of ketones is 1. The van der Waals surface area contributed by atoms with Gasteiger partial charge in [-0.25, -0.2) is 0 Å². The second kappa shape index (κ2) is 7.89. The molecule has 5 rings (SSSR count). The van der Waals surface area contributed by atoms with Crippen LogP contribution in [0.4, 0.5) is 0 Å². The summed E-state index contributed by atoms with van der Waals surface area (Å²) in [5.41, 5.74) is 8.70. The number of benzene rings is 2. The highest BCUT2D eigenvalue weighted by molar-refractivity contribution is 6.42. The van der Waals surface area contributed by atoms with Crippen molar-refractivity contribution in [2.24, 2.45) is 0 Å². The molecule has 0 unspecified atom stereocenters. The molecule has 0 saturated carbocycles. The number of Topliss-reactive ketones (excluding diaryl/α,β-unsaturated/α-hetero) is 1. The molecule has 0 N–H and O–H groups in total. The molecule has 0 amide bonds. The molecule has 1 aliphatic rings. The Morgan fingerprint density at radius 1 is 1.00 bits per heavy atom. The standard InChI is InChI=1S/C26H24Cl2N2O/c1-3-23(31)25-24(17-9-7-16(2)8-10-17)19-6-4-5-13-29-22(15-30(25)26(19)29)18-11-12-20(27)21(28)14-18/h7-12,14-15H,3-6,13H2,1-2H3. The quantitative estimate of drug-likeness (QED) is 0.293. The van der Waals surface area contributed by atoms with Crippen LogP contribution in [0.25, 0.3) is 28.0 Å². The number of hydrogen-bond donors (Lipinski definition) is 0. The highest BCUT2D eigenvalue weighted by Crippen LogP contribution is 2.40. The lowest BCUT2D eigenvalue weighted by Crippen LogP contribution is -2.03. The first kappa shape index (κ1) is 20.4. The minimum Gasteiger partial charge on any atom is -0.325 e. The zero-order valence-corrected chi connectivity index (χ0v) is 19.2. The van der Waals surface area contributed by atoms with E-state index in [2.05, 4.69) is 46.4 Å². The van der Waals surface area contributed by atoms with Gasteiger partial charge in [0, 0.05) is 35.9 Å². The second-order valence-corrected chi connectivity index (χ2v) is 9.10. The number of nitrogens with zero attached hydrogens (tertiary/aromatic N) is 2. The number of aromatic nitrogens is 2. The molecule has 2 aromatic heterocycles. The van der Waals surface area contributed by atoms with Gasteiger partial charge < -0.3 is 4.57 Å². The summed E-state index contributed by atoms with van der Waals surface area (Å²) in [4.78, 5) is 13.2. The van der Waals surface area contributed by atoms with E-state index in [1.165, 1.54) is 11.1 Å². The highest BCUT2D eigenvalue weighted by Gasteiger charge is 2.28. The van der Waals surface area contributed by atoms with Gasteiger partial charge in [-0.3, -0.25) is 9.20 Å². The van der Waals surface area contributed by atoms with Crippen molar-refractivity contribution in [2.75, 3.05) is 0 Å². The van der Waals surface area contributed by atoms with Crippen molar-refractivity contribution in [3.8, 4) is 22.4 Å². The fourth-order valence-electron chi connectivity index (χ4n) is 4.74. The lowest BCUT2D eigenvalue weighted by molar-refractivity contribution is 0.0983. The lowest BCUT2D eigenvalue weighted by Gasteiger charge is -2.10. The Balaban J connectivity index is 1.84. The maximum absolute atomic E-state index is 13.2. The fourth-order valence-corrected chi connectivity index (χ4v) is 5.04.